The molecule has 0 aliphatic heterocycles. The summed E-state index contributed by atoms with van der Waals surface area (Å²) in [4.78, 5) is 4.27. The average molecular weight is 416 g/mol. The molecular formula is C21H25N3S3. The highest BCUT2D eigenvalue weighted by Crippen LogP contribution is 2.34. The van der Waals surface area contributed by atoms with Crippen LogP contribution >= 0.6 is 33.3 Å². The molecule has 0 saturated carbocycles. The van der Waals surface area contributed by atoms with Crippen LogP contribution in [0.4, 0.5) is 0 Å². The van der Waals surface area contributed by atoms with Crippen molar-refractivity contribution in [2.45, 2.75) is 9.79 Å². The molecule has 0 aliphatic carbocycles. The van der Waals surface area contributed by atoms with E-state index in [0.717, 1.165) is 45.6 Å². The molecule has 0 spiro atoms. The smallest absolute Gasteiger partial charge is 0.100 e. The average Bonchev–Trinajstić information content (AvgIpc) is 2.67. The van der Waals surface area contributed by atoms with Crippen LogP contribution in [0, 0.1) is 11.3 Å². The van der Waals surface area contributed by atoms with Crippen LogP contribution in [-0.4, -0.2) is 43.6 Å². The van der Waals surface area contributed by atoms with Crippen LogP contribution in [0.15, 0.2) is 64.9 Å². The Hall–Kier alpha value is -1.52. The van der Waals surface area contributed by atoms with Gasteiger partial charge in [0.2, 0.25) is 0 Å². The lowest BCUT2D eigenvalue weighted by atomic mass is 10.2. The Balaban J connectivity index is 1.89. The van der Waals surface area contributed by atoms with Gasteiger partial charge in [-0.1, -0.05) is 70.3 Å². The fraction of sp³-hybridized carbons (Fsp3) is 0.286. The lowest BCUT2D eigenvalue weighted by Gasteiger charge is -2.14. The van der Waals surface area contributed by atoms with Gasteiger partial charge < -0.3 is 10.2 Å². The van der Waals surface area contributed by atoms with Gasteiger partial charge in [0.15, 0.2) is 0 Å². The van der Waals surface area contributed by atoms with Crippen molar-refractivity contribution in [3.05, 3.63) is 66.2 Å². The van der Waals surface area contributed by atoms with E-state index in [-0.39, 0.29) is 0 Å². The molecule has 3 nitrogen and oxygen atoms in total. The summed E-state index contributed by atoms with van der Waals surface area (Å²) in [7, 11) is 7.99. The van der Waals surface area contributed by atoms with Gasteiger partial charge >= 0.3 is 0 Å². The Kier molecular flexibility index (Phi) is 9.71. The van der Waals surface area contributed by atoms with Gasteiger partial charge in [-0.3, -0.25) is 0 Å². The van der Waals surface area contributed by atoms with E-state index >= 15 is 0 Å². The van der Waals surface area contributed by atoms with E-state index < -0.39 is 0 Å². The first-order valence-corrected chi connectivity index (χ1v) is 12.0. The first-order valence-electron chi connectivity index (χ1n) is 8.70. The van der Waals surface area contributed by atoms with Crippen molar-refractivity contribution in [1.29, 1.82) is 5.26 Å². The molecule has 6 heteroatoms. The molecule has 0 heterocycles. The molecule has 0 radical (unpaired) electrons. The normalized spacial score (nSPS) is 10.6. The van der Waals surface area contributed by atoms with Crippen LogP contribution in [-0.2, 0) is 0 Å². The van der Waals surface area contributed by atoms with E-state index in [1.165, 1.54) is 0 Å². The van der Waals surface area contributed by atoms with E-state index in [0.29, 0.717) is 5.56 Å². The Morgan fingerprint density at radius 2 is 1.70 bits per heavy atom. The maximum absolute atomic E-state index is 9.31. The van der Waals surface area contributed by atoms with Gasteiger partial charge in [0.25, 0.3) is 0 Å². The van der Waals surface area contributed by atoms with Crippen molar-refractivity contribution in [2.24, 2.45) is 0 Å². The van der Waals surface area contributed by atoms with Crippen molar-refractivity contribution >= 4 is 39.0 Å². The number of hydrogen-bond donors (Lipinski definition) is 1. The minimum atomic E-state index is 0.696. The first-order chi connectivity index (χ1) is 13.1. The minimum Gasteiger partial charge on any atom is -0.384 e. The molecule has 0 amide bonds. The molecule has 27 heavy (non-hydrogen) atoms. The maximum Gasteiger partial charge on any atom is 0.100 e. The van der Waals surface area contributed by atoms with Gasteiger partial charge in [0.1, 0.15) is 6.07 Å². The second kappa shape index (κ2) is 12.0. The number of nitriles is 1. The first kappa shape index (κ1) is 21.8. The van der Waals surface area contributed by atoms with Gasteiger partial charge in [-0.25, -0.2) is 0 Å². The molecule has 142 valence electrons. The number of nitrogens with one attached hydrogen (secondary N) is 1. The molecule has 1 N–H and O–H groups in total. The van der Waals surface area contributed by atoms with Crippen molar-refractivity contribution in [1.82, 2.24) is 10.2 Å². The Bertz CT molecular complexity index is 784. The molecule has 0 aromatic heterocycles. The van der Waals surface area contributed by atoms with Gasteiger partial charge in [-0.15, -0.1) is 0 Å². The fourth-order valence-corrected chi connectivity index (χ4v) is 5.34. The number of nitrogens with zero attached hydrogens (tertiary/aromatic N) is 2. The van der Waals surface area contributed by atoms with E-state index in [2.05, 4.69) is 49.1 Å². The third kappa shape index (κ3) is 7.55. The second-order valence-electron chi connectivity index (χ2n) is 6.06. The highest BCUT2D eigenvalue weighted by Gasteiger charge is 2.09. The number of hydrogen-bond acceptors (Lipinski definition) is 6. The number of benzene rings is 2. The zero-order valence-electron chi connectivity index (χ0n) is 15.8. The summed E-state index contributed by atoms with van der Waals surface area (Å²) in [6, 6.07) is 18.1. The second-order valence-corrected chi connectivity index (χ2v) is 9.84. The Labute approximate surface area is 175 Å². The Morgan fingerprint density at radius 3 is 2.44 bits per heavy atom. The van der Waals surface area contributed by atoms with Crippen LogP contribution in [0.2, 0.25) is 0 Å². The summed E-state index contributed by atoms with van der Waals surface area (Å²) >= 11 is 1.61. The molecule has 0 bridgehead atoms. The lowest BCUT2D eigenvalue weighted by molar-refractivity contribution is 0.438. The van der Waals surface area contributed by atoms with E-state index in [1.54, 1.807) is 11.8 Å². The molecule has 0 atom stereocenters. The minimum absolute atomic E-state index is 0.696. The summed E-state index contributed by atoms with van der Waals surface area (Å²) in [5.41, 5.74) is 2.70. The predicted molar refractivity (Wildman–Crippen MR) is 122 cm³/mol. The lowest BCUT2D eigenvalue weighted by Crippen LogP contribution is -2.16. The third-order valence-electron chi connectivity index (χ3n) is 3.67. The summed E-state index contributed by atoms with van der Waals surface area (Å²) in [6.07, 6.45) is 0. The topological polar surface area (TPSA) is 39.1 Å². The van der Waals surface area contributed by atoms with Crippen molar-refractivity contribution in [2.75, 3.05) is 38.7 Å². The van der Waals surface area contributed by atoms with Crippen molar-refractivity contribution < 1.29 is 0 Å². The zero-order valence-corrected chi connectivity index (χ0v) is 18.2. The standard InChI is InChI=1S/C21H25N3S3/c1-17(23-12-14-25-26-15-13-24(2)3)19-9-5-7-11-21(19)27-20-10-6-4-8-18(20)16-22/h4-11,23H,1,12-15H2,2-3H3. The third-order valence-corrected chi connectivity index (χ3v) is 7.21. The molecule has 0 aliphatic rings. The molecule has 2 rings (SSSR count). The summed E-state index contributed by atoms with van der Waals surface area (Å²) in [5.74, 6) is 2.17. The van der Waals surface area contributed by atoms with Crippen LogP contribution in [0.5, 0.6) is 0 Å². The van der Waals surface area contributed by atoms with Gasteiger partial charge in [0, 0.05) is 45.6 Å². The molecule has 2 aromatic carbocycles. The quantitative estimate of drug-likeness (QED) is 0.401. The van der Waals surface area contributed by atoms with Crippen LogP contribution in [0.3, 0.4) is 0 Å². The Morgan fingerprint density at radius 1 is 1.04 bits per heavy atom. The van der Waals surface area contributed by atoms with Gasteiger partial charge in [-0.05, 0) is 32.3 Å². The summed E-state index contributed by atoms with van der Waals surface area (Å²) in [5, 5.41) is 12.7. The molecule has 2 aromatic rings. The highest BCUT2D eigenvalue weighted by atomic mass is 33.1. The van der Waals surface area contributed by atoms with Gasteiger partial charge in [-0.2, -0.15) is 5.26 Å². The van der Waals surface area contributed by atoms with E-state index in [4.69, 9.17) is 0 Å². The van der Waals surface area contributed by atoms with E-state index in [1.807, 2.05) is 58.0 Å². The van der Waals surface area contributed by atoms with Crippen LogP contribution < -0.4 is 5.32 Å². The van der Waals surface area contributed by atoms with E-state index in [9.17, 15) is 5.26 Å². The molecule has 0 fully saturated rings. The summed E-state index contributed by atoms with van der Waals surface area (Å²) < 4.78 is 0. The van der Waals surface area contributed by atoms with Crippen LogP contribution in [0.25, 0.3) is 5.70 Å². The molecular weight excluding hydrogens is 390 g/mol. The van der Waals surface area contributed by atoms with Crippen LogP contribution in [0.1, 0.15) is 11.1 Å². The van der Waals surface area contributed by atoms with Gasteiger partial charge in [0.05, 0.1) is 5.56 Å². The molecule has 0 saturated heterocycles. The largest absolute Gasteiger partial charge is 0.384 e. The van der Waals surface area contributed by atoms with Crippen molar-refractivity contribution in [3.63, 3.8) is 0 Å². The highest BCUT2D eigenvalue weighted by molar-refractivity contribution is 8.76. The fourth-order valence-electron chi connectivity index (χ4n) is 2.25. The zero-order chi connectivity index (χ0) is 19.5. The molecule has 0 unspecified atom stereocenters. The SMILES string of the molecule is C=C(NCCSSCCN(C)C)c1ccccc1Sc1ccccc1C#N. The van der Waals surface area contributed by atoms with Crippen molar-refractivity contribution in [3.8, 4) is 6.07 Å². The number of rotatable bonds is 11. The maximum atomic E-state index is 9.31. The monoisotopic (exact) mass is 415 g/mol. The predicted octanol–water partition coefficient (Wildman–Crippen LogP) is 5.21. The summed E-state index contributed by atoms with van der Waals surface area (Å²) in [6.45, 7) is 6.20.